The summed E-state index contributed by atoms with van der Waals surface area (Å²) in [4.78, 5) is 46.9. The molecule has 0 aromatic heterocycles. The summed E-state index contributed by atoms with van der Waals surface area (Å²) in [6.45, 7) is 2.71. The SMILES string of the molecule is COc1cc2c(cc1OCCCCC(=O)N1C[C@@H](CCl)c3c1cc(O)c1cccc(C)c31)N=C[C@@H]1CC(c3ccc(NC(=O)[C@@H](O)C(F)(F)F)cc3)=CN1C2=O. The first kappa shape index (κ1) is 38.7. The maximum absolute atomic E-state index is 13.8. The molecule has 4 aromatic carbocycles. The Kier molecular flexibility index (Phi) is 10.7. The molecule has 0 saturated carbocycles. The molecule has 0 fully saturated rings. The molecule has 4 aromatic rings. The molecule has 3 atom stereocenters. The van der Waals surface area contributed by atoms with E-state index >= 15 is 0 Å². The number of methoxy groups -OCH3 is 1. The number of halogens is 4. The lowest BCUT2D eigenvalue weighted by Crippen LogP contribution is -2.40. The van der Waals surface area contributed by atoms with Crippen LogP contribution >= 0.6 is 11.6 Å². The van der Waals surface area contributed by atoms with Crippen molar-refractivity contribution in [1.29, 1.82) is 0 Å². The summed E-state index contributed by atoms with van der Waals surface area (Å²) in [6, 6.07) is 16.3. The van der Waals surface area contributed by atoms with Crippen molar-refractivity contribution in [2.45, 2.75) is 56.8 Å². The Labute approximate surface area is 325 Å². The van der Waals surface area contributed by atoms with Crippen molar-refractivity contribution in [2.24, 2.45) is 4.99 Å². The van der Waals surface area contributed by atoms with Crippen LogP contribution in [0.5, 0.6) is 17.2 Å². The van der Waals surface area contributed by atoms with E-state index in [0.29, 0.717) is 65.7 Å². The molecular formula is C41H38ClF3N4O7. The zero-order valence-electron chi connectivity index (χ0n) is 30.4. The van der Waals surface area contributed by atoms with Crippen molar-refractivity contribution in [3.63, 3.8) is 0 Å². The van der Waals surface area contributed by atoms with Gasteiger partial charge < -0.3 is 34.8 Å². The average molecular weight is 791 g/mol. The lowest BCUT2D eigenvalue weighted by atomic mass is 9.92. The Hall–Kier alpha value is -5.60. The van der Waals surface area contributed by atoms with Gasteiger partial charge in [0.15, 0.2) is 11.5 Å². The number of anilines is 2. The fourth-order valence-electron chi connectivity index (χ4n) is 7.45. The molecule has 0 radical (unpaired) electrons. The summed E-state index contributed by atoms with van der Waals surface area (Å²) < 4.78 is 49.7. The number of fused-ring (bicyclic) bond motifs is 5. The molecule has 3 amide bonds. The van der Waals surface area contributed by atoms with Gasteiger partial charge >= 0.3 is 6.18 Å². The lowest BCUT2D eigenvalue weighted by Gasteiger charge is -2.19. The van der Waals surface area contributed by atoms with Crippen molar-refractivity contribution >= 4 is 68.9 Å². The van der Waals surface area contributed by atoms with E-state index in [0.717, 1.165) is 27.5 Å². The van der Waals surface area contributed by atoms with Gasteiger partial charge in [0.25, 0.3) is 11.8 Å². The molecule has 3 heterocycles. The van der Waals surface area contributed by atoms with E-state index in [1.807, 2.05) is 30.4 Å². The van der Waals surface area contributed by atoms with Gasteiger partial charge in [0, 0.05) is 66.8 Å². The van der Waals surface area contributed by atoms with Crippen molar-refractivity contribution in [3.05, 3.63) is 89.1 Å². The molecule has 0 spiro atoms. The number of nitrogens with one attached hydrogen (secondary N) is 1. The van der Waals surface area contributed by atoms with Gasteiger partial charge in [0.05, 0.1) is 36.7 Å². The predicted molar refractivity (Wildman–Crippen MR) is 206 cm³/mol. The molecule has 3 aliphatic rings. The minimum Gasteiger partial charge on any atom is -0.507 e. The van der Waals surface area contributed by atoms with Crippen molar-refractivity contribution < 1.29 is 47.2 Å². The Balaban J connectivity index is 0.969. The van der Waals surface area contributed by atoms with Crippen LogP contribution in [0.2, 0.25) is 0 Å². The number of alkyl halides is 4. The molecule has 56 heavy (non-hydrogen) atoms. The van der Waals surface area contributed by atoms with Gasteiger partial charge in [-0.15, -0.1) is 11.6 Å². The zero-order chi connectivity index (χ0) is 39.9. The summed E-state index contributed by atoms with van der Waals surface area (Å²) in [7, 11) is 1.47. The molecule has 0 aliphatic carbocycles. The Bertz CT molecular complexity index is 2280. The smallest absolute Gasteiger partial charge is 0.423 e. The summed E-state index contributed by atoms with van der Waals surface area (Å²) in [5.41, 5.74) is 4.92. The molecule has 7 rings (SSSR count). The lowest BCUT2D eigenvalue weighted by molar-refractivity contribution is -0.202. The number of rotatable bonds is 11. The van der Waals surface area contributed by atoms with E-state index in [2.05, 4.69) is 4.99 Å². The monoisotopic (exact) mass is 790 g/mol. The number of nitrogens with zero attached hydrogens (tertiary/aromatic N) is 3. The molecule has 0 bridgehead atoms. The first-order chi connectivity index (χ1) is 26.8. The van der Waals surface area contributed by atoms with E-state index in [4.69, 9.17) is 21.1 Å². The topological polar surface area (TPSA) is 141 Å². The fourth-order valence-corrected chi connectivity index (χ4v) is 7.71. The van der Waals surface area contributed by atoms with Crippen LogP contribution in [0.1, 0.15) is 58.6 Å². The number of carbonyl (C=O) groups excluding carboxylic acids is 3. The van der Waals surface area contributed by atoms with Gasteiger partial charge in [-0.2, -0.15) is 13.2 Å². The molecule has 3 N–H and O–H groups in total. The molecule has 0 unspecified atom stereocenters. The Morgan fingerprint density at radius 2 is 1.86 bits per heavy atom. The fraction of sp³-hybridized carbons (Fsp3) is 0.317. The van der Waals surface area contributed by atoms with E-state index in [-0.39, 0.29) is 42.2 Å². The largest absolute Gasteiger partial charge is 0.507 e. The average Bonchev–Trinajstić information content (AvgIpc) is 3.75. The maximum atomic E-state index is 13.8. The molecule has 15 heteroatoms. The number of aryl methyl sites for hydroxylation is 1. The minimum absolute atomic E-state index is 0.0521. The quantitative estimate of drug-likeness (QED) is 0.105. The van der Waals surface area contributed by atoms with Crippen LogP contribution in [-0.4, -0.2) is 83.5 Å². The van der Waals surface area contributed by atoms with E-state index in [1.54, 1.807) is 52.5 Å². The molecular weight excluding hydrogens is 753 g/mol. The number of aliphatic hydroxyl groups excluding tert-OH is 1. The second-order valence-electron chi connectivity index (χ2n) is 13.9. The van der Waals surface area contributed by atoms with Gasteiger partial charge in [-0.3, -0.25) is 19.4 Å². The number of phenols is 1. The number of aliphatic hydroxyl groups is 1. The minimum atomic E-state index is -5.09. The predicted octanol–water partition coefficient (Wildman–Crippen LogP) is 7.61. The van der Waals surface area contributed by atoms with Gasteiger partial charge in [0.2, 0.25) is 12.0 Å². The number of aliphatic imine (C=N–C) groups is 1. The number of unbranched alkanes of at least 4 members (excludes halogenated alkanes) is 1. The molecule has 11 nitrogen and oxygen atoms in total. The third-order valence-electron chi connectivity index (χ3n) is 10.3. The molecule has 3 aliphatic heterocycles. The van der Waals surface area contributed by atoms with Crippen LogP contribution in [-0.2, 0) is 9.59 Å². The van der Waals surface area contributed by atoms with Gasteiger partial charge in [-0.25, -0.2) is 0 Å². The number of ether oxygens (including phenoxy) is 2. The number of benzene rings is 4. The Morgan fingerprint density at radius 1 is 1.09 bits per heavy atom. The maximum Gasteiger partial charge on any atom is 0.423 e. The molecule has 0 saturated heterocycles. The second kappa shape index (κ2) is 15.5. The van der Waals surface area contributed by atoms with E-state index in [1.165, 1.54) is 19.2 Å². The third kappa shape index (κ3) is 7.38. The van der Waals surface area contributed by atoms with Crippen molar-refractivity contribution in [2.75, 3.05) is 36.4 Å². The van der Waals surface area contributed by atoms with Crippen LogP contribution in [0.25, 0.3) is 16.3 Å². The summed E-state index contributed by atoms with van der Waals surface area (Å²) >= 11 is 6.38. The van der Waals surface area contributed by atoms with Crippen molar-refractivity contribution in [1.82, 2.24) is 4.90 Å². The highest BCUT2D eigenvalue weighted by molar-refractivity contribution is 6.19. The number of hydrogen-bond donors (Lipinski definition) is 3. The zero-order valence-corrected chi connectivity index (χ0v) is 31.2. The van der Waals surface area contributed by atoms with Crippen LogP contribution in [0.3, 0.4) is 0 Å². The second-order valence-corrected chi connectivity index (χ2v) is 14.2. The first-order valence-electron chi connectivity index (χ1n) is 18.0. The van der Waals surface area contributed by atoms with Gasteiger partial charge in [0.1, 0.15) is 5.75 Å². The first-order valence-corrected chi connectivity index (χ1v) is 18.5. The van der Waals surface area contributed by atoms with Crippen LogP contribution in [0.15, 0.2) is 71.9 Å². The standard InChI is InChI=1S/C41H38ClF3N4O7/c1-22-6-5-7-28-32(50)17-31-37(36(22)28)25(18-42)21-49(31)35(51)8-3-4-13-56-34-16-30-29(15-33(34)55-2)40(54)48-20-24(14-27(48)19-46-30)23-9-11-26(12-10-23)47-39(53)38(52)41(43,44)45/h5-7,9-12,15-17,19-20,25,27,38,50,52H,3-4,8,13-14,18,21H2,1-2H3,(H,47,53)/t25-,27+,38-/m1/s1. The highest BCUT2D eigenvalue weighted by atomic mass is 35.5. The summed E-state index contributed by atoms with van der Waals surface area (Å²) in [5, 5.41) is 23.7. The third-order valence-corrected chi connectivity index (χ3v) is 10.7. The Morgan fingerprint density at radius 3 is 2.57 bits per heavy atom. The summed E-state index contributed by atoms with van der Waals surface area (Å²) in [5.74, 6) is -0.822. The summed E-state index contributed by atoms with van der Waals surface area (Å²) in [6.07, 6.45) is -3.10. The number of amides is 3. The highest BCUT2D eigenvalue weighted by Crippen LogP contribution is 2.47. The van der Waals surface area contributed by atoms with Crippen LogP contribution in [0.4, 0.5) is 30.2 Å². The van der Waals surface area contributed by atoms with Crippen molar-refractivity contribution in [3.8, 4) is 17.2 Å². The van der Waals surface area contributed by atoms with Gasteiger partial charge in [-0.05, 0) is 65.6 Å². The van der Waals surface area contributed by atoms with Gasteiger partial charge in [-0.1, -0.05) is 30.3 Å². The number of hydrogen-bond acceptors (Lipinski definition) is 8. The van der Waals surface area contributed by atoms with E-state index in [9.17, 15) is 37.8 Å². The molecule has 292 valence electrons. The number of aromatic hydroxyl groups is 1. The normalized spacial score (nSPS) is 17.9. The van der Waals surface area contributed by atoms with Crippen LogP contribution < -0.4 is 19.7 Å². The van der Waals surface area contributed by atoms with Crippen LogP contribution in [0, 0.1) is 6.92 Å². The number of phenolic OH excluding ortho intramolecular Hbond substituents is 1. The number of carbonyl (C=O) groups is 3. The highest BCUT2D eigenvalue weighted by Gasteiger charge is 2.43. The van der Waals surface area contributed by atoms with E-state index < -0.39 is 24.2 Å².